The molecule has 0 aliphatic carbocycles. The van der Waals surface area contributed by atoms with Crippen molar-refractivity contribution in [2.24, 2.45) is 0 Å². The highest BCUT2D eigenvalue weighted by molar-refractivity contribution is 9.10. The van der Waals surface area contributed by atoms with Crippen molar-refractivity contribution >= 4 is 33.4 Å². The number of ether oxygens (including phenoxy) is 1. The molecule has 0 bridgehead atoms. The van der Waals surface area contributed by atoms with Gasteiger partial charge in [-0.1, -0.05) is 24.3 Å². The molecule has 6 heteroatoms. The molecule has 2 aromatic carbocycles. The summed E-state index contributed by atoms with van der Waals surface area (Å²) in [4.78, 5) is 11.8. The van der Waals surface area contributed by atoms with Gasteiger partial charge in [0.15, 0.2) is 0 Å². The monoisotopic (exact) mass is 365 g/mol. The molecule has 0 fully saturated rings. The third-order valence-corrected chi connectivity index (χ3v) is 5.43. The number of nitro benzene ring substituents is 1. The maximum Gasteiger partial charge on any atom is 0.287 e. The molecule has 0 N–H and O–H groups in total. The second kappa shape index (κ2) is 6.07. The first-order valence-corrected chi connectivity index (χ1v) is 8.22. The van der Waals surface area contributed by atoms with Crippen LogP contribution in [0.1, 0.15) is 11.5 Å². The standard InChI is InChI=1S/C15H12BrNO3S/c16-15-12(17(18)19)5-3-6-13(15)20-8-10-9-21-14-7-2-1-4-11(10)14/h1-7,10H,8-9H2. The zero-order valence-corrected chi connectivity index (χ0v) is 13.4. The molecule has 1 aliphatic heterocycles. The van der Waals surface area contributed by atoms with Crippen LogP contribution in [0.15, 0.2) is 51.8 Å². The van der Waals surface area contributed by atoms with Gasteiger partial charge in [-0.15, -0.1) is 11.8 Å². The van der Waals surface area contributed by atoms with Crippen LogP contribution in [0.2, 0.25) is 0 Å². The lowest BCUT2D eigenvalue weighted by Gasteiger charge is -2.13. The Kier molecular flexibility index (Phi) is 4.17. The SMILES string of the molecule is O=[N+]([O-])c1cccc(OCC2CSc3ccccc32)c1Br. The summed E-state index contributed by atoms with van der Waals surface area (Å²) >= 11 is 5.07. The number of benzene rings is 2. The predicted octanol–water partition coefficient (Wildman–Crippen LogP) is 4.63. The molecule has 3 rings (SSSR count). The highest BCUT2D eigenvalue weighted by atomic mass is 79.9. The van der Waals surface area contributed by atoms with E-state index in [9.17, 15) is 10.1 Å². The first-order valence-electron chi connectivity index (χ1n) is 6.44. The van der Waals surface area contributed by atoms with Gasteiger partial charge in [0.2, 0.25) is 0 Å². The van der Waals surface area contributed by atoms with Crippen molar-refractivity contribution in [1.29, 1.82) is 0 Å². The van der Waals surface area contributed by atoms with Gasteiger partial charge in [0.05, 0.1) is 11.5 Å². The number of hydrogen-bond donors (Lipinski definition) is 0. The maximum atomic E-state index is 10.9. The summed E-state index contributed by atoms with van der Waals surface area (Å²) in [6.07, 6.45) is 0. The van der Waals surface area contributed by atoms with E-state index < -0.39 is 4.92 Å². The Morgan fingerprint density at radius 1 is 1.29 bits per heavy atom. The minimum atomic E-state index is -0.419. The number of nitrogens with zero attached hydrogens (tertiary/aromatic N) is 1. The quantitative estimate of drug-likeness (QED) is 0.585. The molecule has 0 spiro atoms. The molecule has 2 aromatic rings. The second-order valence-corrected chi connectivity index (χ2v) is 6.56. The molecule has 0 saturated carbocycles. The zero-order valence-electron chi connectivity index (χ0n) is 11.0. The molecule has 1 aliphatic rings. The first-order chi connectivity index (χ1) is 10.2. The number of fused-ring (bicyclic) bond motifs is 1. The van der Waals surface area contributed by atoms with Crippen molar-refractivity contribution in [3.63, 3.8) is 0 Å². The van der Waals surface area contributed by atoms with Crippen LogP contribution in [-0.4, -0.2) is 17.3 Å². The molecule has 108 valence electrons. The molecule has 0 radical (unpaired) electrons. The topological polar surface area (TPSA) is 52.4 Å². The molecular weight excluding hydrogens is 354 g/mol. The van der Waals surface area contributed by atoms with Crippen molar-refractivity contribution in [2.45, 2.75) is 10.8 Å². The van der Waals surface area contributed by atoms with Gasteiger partial charge in [0.1, 0.15) is 10.2 Å². The van der Waals surface area contributed by atoms with Crippen LogP contribution in [0.3, 0.4) is 0 Å². The van der Waals surface area contributed by atoms with Gasteiger partial charge < -0.3 is 4.74 Å². The Bertz CT molecular complexity index is 692. The van der Waals surface area contributed by atoms with Crippen LogP contribution in [0.5, 0.6) is 5.75 Å². The van der Waals surface area contributed by atoms with Gasteiger partial charge in [-0.3, -0.25) is 10.1 Å². The zero-order chi connectivity index (χ0) is 14.8. The average Bonchev–Trinajstić information content (AvgIpc) is 2.89. The fourth-order valence-corrected chi connectivity index (χ4v) is 4.07. The molecule has 1 atom stereocenters. The molecular formula is C15H12BrNO3S. The summed E-state index contributed by atoms with van der Waals surface area (Å²) in [5, 5.41) is 10.9. The Labute approximate surface area is 134 Å². The smallest absolute Gasteiger partial charge is 0.287 e. The Morgan fingerprint density at radius 2 is 2.10 bits per heavy atom. The van der Waals surface area contributed by atoms with Crippen molar-refractivity contribution in [3.05, 3.63) is 62.6 Å². The summed E-state index contributed by atoms with van der Waals surface area (Å²) < 4.78 is 6.20. The number of halogens is 1. The van der Waals surface area contributed by atoms with Crippen LogP contribution in [-0.2, 0) is 0 Å². The summed E-state index contributed by atoms with van der Waals surface area (Å²) in [6.45, 7) is 0.518. The average molecular weight is 366 g/mol. The second-order valence-electron chi connectivity index (χ2n) is 4.70. The molecule has 21 heavy (non-hydrogen) atoms. The fourth-order valence-electron chi connectivity index (χ4n) is 2.31. The van der Waals surface area contributed by atoms with Crippen LogP contribution in [0.25, 0.3) is 0 Å². The van der Waals surface area contributed by atoms with Crippen LogP contribution >= 0.6 is 27.7 Å². The number of nitro groups is 1. The Morgan fingerprint density at radius 3 is 2.90 bits per heavy atom. The van der Waals surface area contributed by atoms with Gasteiger partial charge in [-0.25, -0.2) is 0 Å². The molecule has 0 amide bonds. The summed E-state index contributed by atoms with van der Waals surface area (Å²) in [5.74, 6) is 1.81. The molecule has 4 nitrogen and oxygen atoms in total. The van der Waals surface area contributed by atoms with Crippen molar-refractivity contribution in [2.75, 3.05) is 12.4 Å². The third kappa shape index (κ3) is 2.91. The lowest BCUT2D eigenvalue weighted by atomic mass is 10.0. The lowest BCUT2D eigenvalue weighted by molar-refractivity contribution is -0.385. The number of hydrogen-bond acceptors (Lipinski definition) is 4. The molecule has 0 aromatic heterocycles. The van der Waals surface area contributed by atoms with Crippen molar-refractivity contribution < 1.29 is 9.66 Å². The fraction of sp³-hybridized carbons (Fsp3) is 0.200. The van der Waals surface area contributed by atoms with E-state index in [4.69, 9.17) is 4.74 Å². The van der Waals surface area contributed by atoms with E-state index >= 15 is 0 Å². The van der Waals surface area contributed by atoms with E-state index in [1.165, 1.54) is 16.5 Å². The molecule has 0 saturated heterocycles. The van der Waals surface area contributed by atoms with Crippen LogP contribution in [0, 0.1) is 10.1 Å². The normalized spacial score (nSPS) is 16.5. The van der Waals surface area contributed by atoms with Crippen LogP contribution < -0.4 is 4.74 Å². The highest BCUT2D eigenvalue weighted by Gasteiger charge is 2.24. The predicted molar refractivity (Wildman–Crippen MR) is 86.2 cm³/mol. The molecule has 1 unspecified atom stereocenters. The van der Waals surface area contributed by atoms with Crippen molar-refractivity contribution in [1.82, 2.24) is 0 Å². The van der Waals surface area contributed by atoms with E-state index in [-0.39, 0.29) is 5.69 Å². The van der Waals surface area contributed by atoms with E-state index in [0.29, 0.717) is 22.7 Å². The van der Waals surface area contributed by atoms with Gasteiger partial charge >= 0.3 is 0 Å². The van der Waals surface area contributed by atoms with E-state index in [1.54, 1.807) is 12.1 Å². The maximum absolute atomic E-state index is 10.9. The Balaban J connectivity index is 1.75. The van der Waals surface area contributed by atoms with E-state index in [0.717, 1.165) is 5.75 Å². The largest absolute Gasteiger partial charge is 0.491 e. The molecule has 1 heterocycles. The summed E-state index contributed by atoms with van der Waals surface area (Å²) in [5.41, 5.74) is 1.32. The first kappa shape index (κ1) is 14.4. The van der Waals surface area contributed by atoms with Gasteiger partial charge in [0.25, 0.3) is 5.69 Å². The van der Waals surface area contributed by atoms with Gasteiger partial charge in [-0.05, 0) is 33.6 Å². The van der Waals surface area contributed by atoms with Crippen molar-refractivity contribution in [3.8, 4) is 5.75 Å². The van der Waals surface area contributed by atoms with E-state index in [2.05, 4.69) is 28.1 Å². The lowest BCUT2D eigenvalue weighted by Crippen LogP contribution is -2.10. The Hall–Kier alpha value is -1.53. The summed E-state index contributed by atoms with van der Waals surface area (Å²) in [6, 6.07) is 13.1. The van der Waals surface area contributed by atoms with Crippen LogP contribution in [0.4, 0.5) is 5.69 Å². The number of thioether (sulfide) groups is 1. The van der Waals surface area contributed by atoms with Gasteiger partial charge in [-0.2, -0.15) is 0 Å². The minimum Gasteiger partial charge on any atom is -0.491 e. The minimum absolute atomic E-state index is 0.0219. The third-order valence-electron chi connectivity index (χ3n) is 3.38. The summed E-state index contributed by atoms with van der Waals surface area (Å²) in [7, 11) is 0. The van der Waals surface area contributed by atoms with Gasteiger partial charge in [0, 0.05) is 22.6 Å². The number of rotatable bonds is 4. The van der Waals surface area contributed by atoms with E-state index in [1.807, 2.05) is 23.9 Å². The highest BCUT2D eigenvalue weighted by Crippen LogP contribution is 2.40.